The third-order valence-electron chi connectivity index (χ3n) is 5.84. The summed E-state index contributed by atoms with van der Waals surface area (Å²) in [5.74, 6) is 0. The number of rotatable bonds is 5. The van der Waals surface area contributed by atoms with Crippen molar-refractivity contribution in [3.63, 3.8) is 0 Å². The number of nitrogens with zero attached hydrogens (tertiary/aromatic N) is 3. The van der Waals surface area contributed by atoms with Crippen LogP contribution in [0.25, 0.3) is 5.69 Å². The SMILES string of the molecule is Cc1cc(C=O)c(C)n1-c1cc(S(=O)(=O)N2CCOCC2)ccc1N1CCCC1. The molecule has 0 aliphatic carbocycles. The molecule has 1 aromatic heterocycles. The average Bonchev–Trinajstić information content (AvgIpc) is 3.36. The van der Waals surface area contributed by atoms with Gasteiger partial charge in [-0.2, -0.15) is 4.31 Å². The van der Waals surface area contributed by atoms with E-state index in [0.717, 1.165) is 55.0 Å². The molecule has 0 saturated carbocycles. The van der Waals surface area contributed by atoms with Crippen molar-refractivity contribution in [2.45, 2.75) is 31.6 Å². The molecule has 1 aromatic carbocycles. The fourth-order valence-electron chi connectivity index (χ4n) is 4.28. The summed E-state index contributed by atoms with van der Waals surface area (Å²) < 4.78 is 35.2. The quantitative estimate of drug-likeness (QED) is 0.699. The first-order valence-corrected chi connectivity index (χ1v) is 11.5. The maximum absolute atomic E-state index is 13.2. The molecular formula is C21H27N3O4S. The monoisotopic (exact) mass is 417 g/mol. The van der Waals surface area contributed by atoms with E-state index in [-0.39, 0.29) is 4.90 Å². The Balaban J connectivity index is 1.86. The van der Waals surface area contributed by atoms with E-state index < -0.39 is 10.0 Å². The second kappa shape index (κ2) is 7.93. The van der Waals surface area contributed by atoms with Crippen LogP contribution in [0.5, 0.6) is 0 Å². The highest BCUT2D eigenvalue weighted by atomic mass is 32.2. The lowest BCUT2D eigenvalue weighted by Crippen LogP contribution is -2.40. The Kier molecular flexibility index (Phi) is 5.50. The van der Waals surface area contributed by atoms with E-state index in [0.29, 0.717) is 31.9 Å². The molecule has 29 heavy (non-hydrogen) atoms. The van der Waals surface area contributed by atoms with Crippen molar-refractivity contribution < 1.29 is 17.9 Å². The largest absolute Gasteiger partial charge is 0.379 e. The number of sulfonamides is 1. The van der Waals surface area contributed by atoms with Crippen LogP contribution in [0.15, 0.2) is 29.2 Å². The van der Waals surface area contributed by atoms with Crippen molar-refractivity contribution in [3.05, 3.63) is 41.2 Å². The van der Waals surface area contributed by atoms with Crippen LogP contribution in [-0.4, -0.2) is 63.0 Å². The third kappa shape index (κ3) is 3.60. The minimum atomic E-state index is -3.61. The van der Waals surface area contributed by atoms with Crippen LogP contribution in [-0.2, 0) is 14.8 Å². The van der Waals surface area contributed by atoms with Gasteiger partial charge in [0.15, 0.2) is 6.29 Å². The molecule has 4 rings (SSSR count). The van der Waals surface area contributed by atoms with Gasteiger partial charge >= 0.3 is 0 Å². The summed E-state index contributed by atoms with van der Waals surface area (Å²) in [6.45, 7) is 7.28. The molecule has 0 amide bonds. The molecule has 2 saturated heterocycles. The number of hydrogen-bond donors (Lipinski definition) is 0. The van der Waals surface area contributed by atoms with E-state index in [9.17, 15) is 13.2 Å². The predicted octanol–water partition coefficient (Wildman–Crippen LogP) is 2.53. The molecule has 0 unspecified atom stereocenters. The number of hydrogen-bond acceptors (Lipinski definition) is 5. The van der Waals surface area contributed by atoms with E-state index in [4.69, 9.17) is 4.74 Å². The molecule has 156 valence electrons. The molecule has 0 radical (unpaired) electrons. The molecule has 0 spiro atoms. The van der Waals surface area contributed by atoms with E-state index in [2.05, 4.69) is 4.90 Å². The smallest absolute Gasteiger partial charge is 0.243 e. The minimum absolute atomic E-state index is 0.275. The summed E-state index contributed by atoms with van der Waals surface area (Å²) in [6.07, 6.45) is 3.09. The van der Waals surface area contributed by atoms with Gasteiger partial charge in [0, 0.05) is 43.1 Å². The van der Waals surface area contributed by atoms with Gasteiger partial charge in [-0.15, -0.1) is 0 Å². The van der Waals surface area contributed by atoms with Crippen LogP contribution < -0.4 is 4.90 Å². The lowest BCUT2D eigenvalue weighted by Gasteiger charge is -2.28. The van der Waals surface area contributed by atoms with Crippen molar-refractivity contribution in [1.82, 2.24) is 8.87 Å². The number of ether oxygens (including phenoxy) is 1. The van der Waals surface area contributed by atoms with Gasteiger partial charge in [-0.3, -0.25) is 4.79 Å². The molecule has 0 bridgehead atoms. The Morgan fingerprint density at radius 3 is 2.28 bits per heavy atom. The Labute approximate surface area is 171 Å². The van der Waals surface area contributed by atoms with E-state index >= 15 is 0 Å². The Morgan fingerprint density at radius 2 is 1.66 bits per heavy atom. The predicted molar refractivity (Wildman–Crippen MR) is 112 cm³/mol. The average molecular weight is 418 g/mol. The summed E-state index contributed by atoms with van der Waals surface area (Å²) in [5, 5.41) is 0. The lowest BCUT2D eigenvalue weighted by molar-refractivity contribution is 0.0730. The number of carbonyl (C=O) groups is 1. The van der Waals surface area contributed by atoms with Crippen molar-refractivity contribution >= 4 is 22.0 Å². The van der Waals surface area contributed by atoms with Crippen LogP contribution in [0, 0.1) is 13.8 Å². The van der Waals surface area contributed by atoms with E-state index in [1.807, 2.05) is 30.5 Å². The normalized spacial score (nSPS) is 18.3. The summed E-state index contributed by atoms with van der Waals surface area (Å²) >= 11 is 0. The van der Waals surface area contributed by atoms with Gasteiger partial charge < -0.3 is 14.2 Å². The van der Waals surface area contributed by atoms with Crippen LogP contribution >= 0.6 is 0 Å². The van der Waals surface area contributed by atoms with Gasteiger partial charge in [0.1, 0.15) is 0 Å². The Morgan fingerprint density at radius 1 is 0.966 bits per heavy atom. The highest BCUT2D eigenvalue weighted by Crippen LogP contribution is 2.33. The molecule has 8 heteroatoms. The number of aromatic nitrogens is 1. The van der Waals surface area contributed by atoms with Gasteiger partial charge in [0.2, 0.25) is 10.0 Å². The van der Waals surface area contributed by atoms with Crippen molar-refractivity contribution in [2.24, 2.45) is 0 Å². The van der Waals surface area contributed by atoms with E-state index in [1.165, 1.54) is 4.31 Å². The maximum atomic E-state index is 13.2. The number of anilines is 1. The van der Waals surface area contributed by atoms with Gasteiger partial charge in [-0.25, -0.2) is 8.42 Å². The lowest BCUT2D eigenvalue weighted by atomic mass is 10.2. The zero-order valence-corrected chi connectivity index (χ0v) is 17.7. The van der Waals surface area contributed by atoms with Crippen LogP contribution in [0.2, 0.25) is 0 Å². The molecule has 0 N–H and O–H groups in total. The van der Waals surface area contributed by atoms with Gasteiger partial charge in [-0.05, 0) is 51.0 Å². The molecule has 3 heterocycles. The van der Waals surface area contributed by atoms with Crippen molar-refractivity contribution in [2.75, 3.05) is 44.3 Å². The summed E-state index contributed by atoms with van der Waals surface area (Å²) in [4.78, 5) is 14.0. The van der Waals surface area contributed by atoms with Crippen LogP contribution in [0.1, 0.15) is 34.6 Å². The maximum Gasteiger partial charge on any atom is 0.243 e. The highest BCUT2D eigenvalue weighted by molar-refractivity contribution is 7.89. The summed E-state index contributed by atoms with van der Waals surface area (Å²) in [7, 11) is -3.61. The fourth-order valence-corrected chi connectivity index (χ4v) is 5.71. The molecular weight excluding hydrogens is 390 g/mol. The van der Waals surface area contributed by atoms with Crippen LogP contribution in [0.4, 0.5) is 5.69 Å². The Bertz CT molecular complexity index is 1020. The molecule has 2 fully saturated rings. The van der Waals surface area contributed by atoms with Gasteiger partial charge in [0.05, 0.1) is 29.5 Å². The minimum Gasteiger partial charge on any atom is -0.379 e. The van der Waals surface area contributed by atoms with Crippen molar-refractivity contribution in [1.29, 1.82) is 0 Å². The number of aryl methyl sites for hydroxylation is 1. The molecule has 2 aromatic rings. The summed E-state index contributed by atoms with van der Waals surface area (Å²) in [6, 6.07) is 7.22. The molecule has 0 atom stereocenters. The summed E-state index contributed by atoms with van der Waals surface area (Å²) in [5.41, 5.74) is 4.16. The van der Waals surface area contributed by atoms with Gasteiger partial charge in [0.25, 0.3) is 0 Å². The molecule has 7 nitrogen and oxygen atoms in total. The second-order valence-corrected chi connectivity index (χ2v) is 9.58. The standard InChI is InChI=1S/C21H27N3O4S/c1-16-13-18(15-25)17(2)24(16)21-14-19(5-6-20(21)22-7-3-4-8-22)29(26,27)23-9-11-28-12-10-23/h5-6,13-15H,3-4,7-12H2,1-2H3. The fraction of sp³-hybridized carbons (Fsp3) is 0.476. The number of carbonyl (C=O) groups excluding carboxylic acids is 1. The van der Waals surface area contributed by atoms with Gasteiger partial charge in [-0.1, -0.05) is 0 Å². The zero-order valence-electron chi connectivity index (χ0n) is 16.9. The highest BCUT2D eigenvalue weighted by Gasteiger charge is 2.28. The topological polar surface area (TPSA) is 71.8 Å². The molecule has 2 aliphatic rings. The molecule has 2 aliphatic heterocycles. The number of benzene rings is 1. The number of morpholine rings is 1. The zero-order chi connectivity index (χ0) is 20.6. The van der Waals surface area contributed by atoms with Crippen molar-refractivity contribution in [3.8, 4) is 5.69 Å². The van der Waals surface area contributed by atoms with E-state index in [1.54, 1.807) is 12.1 Å². The first kappa shape index (κ1) is 20.1. The Hall–Kier alpha value is -2.16. The third-order valence-corrected chi connectivity index (χ3v) is 7.73. The first-order valence-electron chi connectivity index (χ1n) is 10.0. The number of aldehydes is 1. The van der Waals surface area contributed by atoms with Crippen LogP contribution in [0.3, 0.4) is 0 Å². The first-order chi connectivity index (χ1) is 13.9. The second-order valence-electron chi connectivity index (χ2n) is 7.64.